The number of para-hydroxylation sites is 1. The van der Waals surface area contributed by atoms with Crippen LogP contribution in [-0.4, -0.2) is 15.1 Å². The summed E-state index contributed by atoms with van der Waals surface area (Å²) in [5.41, 5.74) is 2.35. The lowest BCUT2D eigenvalue weighted by atomic mass is 10.0. The van der Waals surface area contributed by atoms with Crippen molar-refractivity contribution >= 4 is 26.8 Å². The summed E-state index contributed by atoms with van der Waals surface area (Å²) >= 11 is 3.36. The quantitative estimate of drug-likeness (QED) is 0.787. The Balaban J connectivity index is 2.14. The van der Waals surface area contributed by atoms with Gasteiger partial charge in [0, 0.05) is 39.6 Å². The van der Waals surface area contributed by atoms with Crippen molar-refractivity contribution in [2.24, 2.45) is 0 Å². The molecule has 3 rings (SSSR count). The molecule has 2 heterocycles. The van der Waals surface area contributed by atoms with Gasteiger partial charge in [-0.05, 0) is 28.1 Å². The van der Waals surface area contributed by atoms with E-state index in [2.05, 4.69) is 25.9 Å². The predicted octanol–water partition coefficient (Wildman–Crippen LogP) is 3.47. The molecule has 1 aromatic carbocycles. The number of nitrogens with zero attached hydrogens (tertiary/aromatic N) is 2. The Morgan fingerprint density at radius 3 is 2.79 bits per heavy atom. The maximum atomic E-state index is 10.5. The van der Waals surface area contributed by atoms with Gasteiger partial charge in [0.2, 0.25) is 0 Å². The summed E-state index contributed by atoms with van der Waals surface area (Å²) in [7, 11) is 0. The number of halogens is 1. The molecule has 2 aromatic heterocycles. The minimum Gasteiger partial charge on any atom is -0.384 e. The van der Waals surface area contributed by atoms with Crippen molar-refractivity contribution in [2.75, 3.05) is 0 Å². The van der Waals surface area contributed by atoms with Gasteiger partial charge in [-0.25, -0.2) is 0 Å². The van der Waals surface area contributed by atoms with Gasteiger partial charge in [-0.15, -0.1) is 0 Å². The number of rotatable bonds is 2. The molecular weight excluding hydrogens is 304 g/mol. The van der Waals surface area contributed by atoms with Crippen LogP contribution in [0.3, 0.4) is 0 Å². The van der Waals surface area contributed by atoms with Crippen molar-refractivity contribution in [3.63, 3.8) is 0 Å². The number of aliphatic hydroxyl groups excluding tert-OH is 1. The zero-order valence-corrected chi connectivity index (χ0v) is 11.6. The average Bonchev–Trinajstić information content (AvgIpc) is 2.46. The van der Waals surface area contributed by atoms with Gasteiger partial charge in [0.15, 0.2) is 0 Å². The molecule has 0 saturated heterocycles. The Labute approximate surface area is 119 Å². The van der Waals surface area contributed by atoms with Crippen LogP contribution in [0.2, 0.25) is 0 Å². The van der Waals surface area contributed by atoms with Crippen LogP contribution in [0.1, 0.15) is 17.2 Å². The number of hydrogen-bond donors (Lipinski definition) is 1. The fraction of sp³-hybridized carbons (Fsp3) is 0.0667. The molecule has 0 radical (unpaired) electrons. The van der Waals surface area contributed by atoms with E-state index in [0.717, 1.165) is 26.5 Å². The van der Waals surface area contributed by atoms with Gasteiger partial charge in [0.25, 0.3) is 0 Å². The summed E-state index contributed by atoms with van der Waals surface area (Å²) in [5.74, 6) is 0. The first-order chi connectivity index (χ1) is 9.25. The largest absolute Gasteiger partial charge is 0.384 e. The highest BCUT2D eigenvalue weighted by molar-refractivity contribution is 9.10. The van der Waals surface area contributed by atoms with Crippen molar-refractivity contribution < 1.29 is 5.11 Å². The van der Waals surface area contributed by atoms with Crippen LogP contribution >= 0.6 is 15.9 Å². The van der Waals surface area contributed by atoms with Gasteiger partial charge in [-0.3, -0.25) is 9.97 Å². The third-order valence-electron chi connectivity index (χ3n) is 3.00. The second kappa shape index (κ2) is 5.07. The smallest absolute Gasteiger partial charge is 0.108 e. The molecule has 1 N–H and O–H groups in total. The van der Waals surface area contributed by atoms with E-state index in [-0.39, 0.29) is 0 Å². The highest BCUT2D eigenvalue weighted by Gasteiger charge is 2.14. The van der Waals surface area contributed by atoms with Crippen LogP contribution in [0.5, 0.6) is 0 Å². The van der Waals surface area contributed by atoms with Gasteiger partial charge in [0.1, 0.15) is 6.10 Å². The van der Waals surface area contributed by atoms with E-state index in [9.17, 15) is 5.11 Å². The highest BCUT2D eigenvalue weighted by Crippen LogP contribution is 2.28. The van der Waals surface area contributed by atoms with Crippen LogP contribution in [-0.2, 0) is 0 Å². The van der Waals surface area contributed by atoms with Crippen LogP contribution in [0.4, 0.5) is 0 Å². The summed E-state index contributed by atoms with van der Waals surface area (Å²) in [6.07, 6.45) is 4.36. The Morgan fingerprint density at radius 2 is 1.95 bits per heavy atom. The third-order valence-corrected chi connectivity index (χ3v) is 3.43. The highest BCUT2D eigenvalue weighted by atomic mass is 79.9. The molecule has 0 saturated carbocycles. The molecule has 0 aliphatic rings. The molecule has 1 atom stereocenters. The first-order valence-corrected chi connectivity index (χ1v) is 6.67. The number of benzene rings is 1. The predicted molar refractivity (Wildman–Crippen MR) is 77.7 cm³/mol. The number of fused-ring (bicyclic) bond motifs is 1. The second-order valence-electron chi connectivity index (χ2n) is 4.26. The first kappa shape index (κ1) is 12.3. The topological polar surface area (TPSA) is 46.0 Å². The third kappa shape index (κ3) is 2.37. The summed E-state index contributed by atoms with van der Waals surface area (Å²) in [5, 5.41) is 11.5. The van der Waals surface area contributed by atoms with Gasteiger partial charge in [-0.2, -0.15) is 0 Å². The van der Waals surface area contributed by atoms with Crippen molar-refractivity contribution in [3.05, 3.63) is 70.6 Å². The van der Waals surface area contributed by atoms with E-state index < -0.39 is 6.10 Å². The molecule has 3 aromatic rings. The second-order valence-corrected chi connectivity index (χ2v) is 5.18. The monoisotopic (exact) mass is 314 g/mol. The maximum Gasteiger partial charge on any atom is 0.108 e. The number of pyridine rings is 2. The zero-order chi connectivity index (χ0) is 13.2. The van der Waals surface area contributed by atoms with Crippen LogP contribution in [0, 0.1) is 0 Å². The Morgan fingerprint density at radius 1 is 1.11 bits per heavy atom. The van der Waals surface area contributed by atoms with Crippen molar-refractivity contribution in [3.8, 4) is 0 Å². The number of hydrogen-bond acceptors (Lipinski definition) is 3. The number of aromatic nitrogens is 2. The zero-order valence-electron chi connectivity index (χ0n) is 9.99. The summed E-state index contributed by atoms with van der Waals surface area (Å²) in [6.45, 7) is 0. The van der Waals surface area contributed by atoms with Gasteiger partial charge >= 0.3 is 0 Å². The van der Waals surface area contributed by atoms with Crippen LogP contribution < -0.4 is 0 Å². The van der Waals surface area contributed by atoms with Gasteiger partial charge in [-0.1, -0.05) is 24.3 Å². The van der Waals surface area contributed by atoms with Crippen molar-refractivity contribution in [1.82, 2.24) is 9.97 Å². The lowest BCUT2D eigenvalue weighted by Crippen LogP contribution is -2.02. The molecule has 0 bridgehead atoms. The molecule has 4 heteroatoms. The van der Waals surface area contributed by atoms with Crippen molar-refractivity contribution in [1.29, 1.82) is 0 Å². The van der Waals surface area contributed by atoms with E-state index in [1.807, 2.05) is 36.4 Å². The Kier molecular flexibility index (Phi) is 3.27. The van der Waals surface area contributed by atoms with Gasteiger partial charge < -0.3 is 5.11 Å². The van der Waals surface area contributed by atoms with E-state index in [4.69, 9.17) is 0 Å². The normalized spacial score (nSPS) is 12.5. The van der Waals surface area contributed by atoms with E-state index in [0.29, 0.717) is 0 Å². The fourth-order valence-electron chi connectivity index (χ4n) is 2.11. The summed E-state index contributed by atoms with van der Waals surface area (Å²) < 4.78 is 0.845. The molecule has 0 aliphatic carbocycles. The molecule has 0 spiro atoms. The average molecular weight is 315 g/mol. The standard InChI is InChI=1S/C15H11BrN2O/c16-12-7-11(8-17-9-12)15(19)13-5-1-3-10-4-2-6-18-14(10)13/h1-9,15,19H. The minimum absolute atomic E-state index is 0.733. The van der Waals surface area contributed by atoms with Crippen LogP contribution in [0.25, 0.3) is 10.9 Å². The maximum absolute atomic E-state index is 10.5. The van der Waals surface area contributed by atoms with Gasteiger partial charge in [0.05, 0.1) is 5.52 Å². The molecule has 1 unspecified atom stereocenters. The van der Waals surface area contributed by atoms with E-state index >= 15 is 0 Å². The molecule has 3 nitrogen and oxygen atoms in total. The molecular formula is C15H11BrN2O. The molecule has 94 valence electrons. The number of aliphatic hydroxyl groups is 1. The SMILES string of the molecule is OC(c1cncc(Br)c1)c1cccc2cccnc12. The summed E-state index contributed by atoms with van der Waals surface area (Å²) in [4.78, 5) is 8.44. The molecule has 19 heavy (non-hydrogen) atoms. The summed E-state index contributed by atoms with van der Waals surface area (Å²) in [6, 6.07) is 11.5. The molecule has 0 amide bonds. The van der Waals surface area contributed by atoms with E-state index in [1.54, 1.807) is 18.6 Å². The Hall–Kier alpha value is -1.78. The lowest BCUT2D eigenvalue weighted by Gasteiger charge is -2.13. The molecule has 0 aliphatic heterocycles. The fourth-order valence-corrected chi connectivity index (χ4v) is 2.49. The first-order valence-electron chi connectivity index (χ1n) is 5.88. The van der Waals surface area contributed by atoms with Crippen molar-refractivity contribution in [2.45, 2.75) is 6.10 Å². The van der Waals surface area contributed by atoms with E-state index in [1.165, 1.54) is 0 Å². The Bertz CT molecular complexity index is 725. The van der Waals surface area contributed by atoms with Crippen LogP contribution in [0.15, 0.2) is 59.5 Å². The lowest BCUT2D eigenvalue weighted by molar-refractivity contribution is 0.221. The molecule has 0 fully saturated rings. The minimum atomic E-state index is -0.733.